The predicted octanol–water partition coefficient (Wildman–Crippen LogP) is 1.51. The van der Waals surface area contributed by atoms with E-state index in [0.29, 0.717) is 45.1 Å². The van der Waals surface area contributed by atoms with Gasteiger partial charge in [-0.3, -0.25) is 14.5 Å². The van der Waals surface area contributed by atoms with Crippen molar-refractivity contribution in [3.8, 4) is 0 Å². The molecular formula is C20H26N4O4. The Balaban J connectivity index is 1.28. The summed E-state index contributed by atoms with van der Waals surface area (Å²) in [5.74, 6) is -0.0507. The standard InChI is InChI=1S/C20H26N4O4/c1-26-11-9-24-8-4-18(22-24)19(25)23-14-20(15-23)12-17(5-10-28-20)27-13-16-2-6-21-7-3-16/h2-4,6-8,17H,5,9-15H2,1H3/t17-/m0/s1. The number of aromatic nitrogens is 3. The summed E-state index contributed by atoms with van der Waals surface area (Å²) in [5.41, 5.74) is 1.30. The van der Waals surface area contributed by atoms with Crippen molar-refractivity contribution in [3.05, 3.63) is 48.0 Å². The molecule has 0 saturated carbocycles. The number of ether oxygens (including phenoxy) is 3. The van der Waals surface area contributed by atoms with E-state index in [1.54, 1.807) is 35.2 Å². The molecule has 1 atom stereocenters. The first-order valence-corrected chi connectivity index (χ1v) is 9.64. The van der Waals surface area contributed by atoms with Crippen molar-refractivity contribution >= 4 is 5.91 Å². The summed E-state index contributed by atoms with van der Waals surface area (Å²) in [4.78, 5) is 18.5. The van der Waals surface area contributed by atoms with Crippen LogP contribution >= 0.6 is 0 Å². The smallest absolute Gasteiger partial charge is 0.274 e. The van der Waals surface area contributed by atoms with Crippen molar-refractivity contribution in [2.75, 3.05) is 33.4 Å². The number of hydrogen-bond acceptors (Lipinski definition) is 6. The van der Waals surface area contributed by atoms with Crippen LogP contribution in [0.4, 0.5) is 0 Å². The van der Waals surface area contributed by atoms with Gasteiger partial charge in [0.25, 0.3) is 5.91 Å². The maximum Gasteiger partial charge on any atom is 0.274 e. The highest BCUT2D eigenvalue weighted by Gasteiger charge is 2.50. The lowest BCUT2D eigenvalue weighted by Gasteiger charge is -2.52. The fourth-order valence-corrected chi connectivity index (χ4v) is 3.78. The van der Waals surface area contributed by atoms with Crippen LogP contribution in [0.15, 0.2) is 36.8 Å². The Labute approximate surface area is 164 Å². The van der Waals surface area contributed by atoms with Crippen LogP contribution in [0.3, 0.4) is 0 Å². The second-order valence-corrected chi connectivity index (χ2v) is 7.43. The van der Waals surface area contributed by atoms with Gasteiger partial charge >= 0.3 is 0 Å². The van der Waals surface area contributed by atoms with Crippen LogP contribution in [0.25, 0.3) is 0 Å². The second-order valence-electron chi connectivity index (χ2n) is 7.43. The molecule has 2 aliphatic heterocycles. The molecule has 2 aliphatic rings. The van der Waals surface area contributed by atoms with Crippen molar-refractivity contribution in [3.63, 3.8) is 0 Å². The quantitative estimate of drug-likeness (QED) is 0.718. The lowest BCUT2D eigenvalue weighted by atomic mass is 9.84. The molecule has 0 bridgehead atoms. The van der Waals surface area contributed by atoms with E-state index in [2.05, 4.69) is 10.1 Å². The van der Waals surface area contributed by atoms with E-state index >= 15 is 0 Å². The number of nitrogens with zero attached hydrogens (tertiary/aromatic N) is 4. The Hall–Kier alpha value is -2.29. The third kappa shape index (κ3) is 4.24. The SMILES string of the molecule is COCCn1ccc(C(=O)N2CC3(C[C@@H](OCc4ccncc4)CCO3)C2)n1. The molecule has 1 spiro atoms. The van der Waals surface area contributed by atoms with Crippen LogP contribution in [0, 0.1) is 0 Å². The van der Waals surface area contributed by atoms with E-state index in [4.69, 9.17) is 14.2 Å². The highest BCUT2D eigenvalue weighted by molar-refractivity contribution is 5.93. The average molecular weight is 386 g/mol. The molecule has 1 amide bonds. The summed E-state index contributed by atoms with van der Waals surface area (Å²) < 4.78 is 18.9. The Kier molecular flexibility index (Phi) is 5.70. The number of rotatable bonds is 7. The normalized spacial score (nSPS) is 20.9. The molecule has 8 heteroatoms. The minimum absolute atomic E-state index is 0.0507. The zero-order chi connectivity index (χ0) is 19.4. The number of carbonyl (C=O) groups is 1. The molecule has 0 aliphatic carbocycles. The predicted molar refractivity (Wildman–Crippen MR) is 101 cm³/mol. The van der Waals surface area contributed by atoms with Crippen molar-refractivity contribution in [2.45, 2.75) is 37.7 Å². The highest BCUT2D eigenvalue weighted by atomic mass is 16.5. The fraction of sp³-hybridized carbons (Fsp3) is 0.550. The van der Waals surface area contributed by atoms with Gasteiger partial charge in [-0.1, -0.05) is 0 Å². The zero-order valence-electron chi connectivity index (χ0n) is 16.1. The van der Waals surface area contributed by atoms with Crippen molar-refractivity contribution < 1.29 is 19.0 Å². The molecular weight excluding hydrogens is 360 g/mol. The third-order valence-electron chi connectivity index (χ3n) is 5.31. The molecule has 0 radical (unpaired) electrons. The van der Waals surface area contributed by atoms with Crippen LogP contribution in [-0.2, 0) is 27.4 Å². The van der Waals surface area contributed by atoms with Gasteiger partial charge in [0.1, 0.15) is 11.3 Å². The van der Waals surface area contributed by atoms with E-state index in [1.807, 2.05) is 18.3 Å². The van der Waals surface area contributed by atoms with Gasteiger partial charge in [-0.25, -0.2) is 0 Å². The fourth-order valence-electron chi connectivity index (χ4n) is 3.78. The Morgan fingerprint density at radius 2 is 2.14 bits per heavy atom. The first-order chi connectivity index (χ1) is 13.7. The van der Waals surface area contributed by atoms with Crippen LogP contribution in [0.5, 0.6) is 0 Å². The highest BCUT2D eigenvalue weighted by Crippen LogP contribution is 2.36. The first-order valence-electron chi connectivity index (χ1n) is 9.64. The van der Waals surface area contributed by atoms with E-state index in [9.17, 15) is 4.79 Å². The molecule has 0 unspecified atom stereocenters. The molecule has 0 N–H and O–H groups in total. The van der Waals surface area contributed by atoms with Crippen LogP contribution in [-0.4, -0.2) is 70.7 Å². The minimum Gasteiger partial charge on any atom is -0.383 e. The minimum atomic E-state index is -0.282. The summed E-state index contributed by atoms with van der Waals surface area (Å²) >= 11 is 0. The Morgan fingerprint density at radius 1 is 1.32 bits per heavy atom. The molecule has 150 valence electrons. The molecule has 4 rings (SSSR count). The lowest BCUT2D eigenvalue weighted by molar-refractivity contribution is -0.188. The summed E-state index contributed by atoms with van der Waals surface area (Å²) in [7, 11) is 1.65. The van der Waals surface area contributed by atoms with Gasteiger partial charge < -0.3 is 19.1 Å². The second kappa shape index (κ2) is 8.38. The summed E-state index contributed by atoms with van der Waals surface area (Å²) in [6.45, 7) is 3.61. The van der Waals surface area contributed by atoms with Gasteiger partial charge in [0.15, 0.2) is 0 Å². The van der Waals surface area contributed by atoms with Crippen molar-refractivity contribution in [2.24, 2.45) is 0 Å². The number of likely N-dealkylation sites (tertiary alicyclic amines) is 1. The van der Waals surface area contributed by atoms with E-state index in [-0.39, 0.29) is 17.6 Å². The summed E-state index contributed by atoms with van der Waals surface area (Å²) in [6, 6.07) is 5.68. The molecule has 0 aromatic carbocycles. The summed E-state index contributed by atoms with van der Waals surface area (Å²) in [6.07, 6.45) is 7.19. The van der Waals surface area contributed by atoms with Gasteiger partial charge in [0.2, 0.25) is 0 Å². The van der Waals surface area contributed by atoms with Crippen molar-refractivity contribution in [1.82, 2.24) is 19.7 Å². The molecule has 2 saturated heterocycles. The number of amides is 1. The van der Waals surface area contributed by atoms with E-state index in [1.165, 1.54) is 0 Å². The Morgan fingerprint density at radius 3 is 2.93 bits per heavy atom. The lowest BCUT2D eigenvalue weighted by Crippen LogP contribution is -2.67. The maximum atomic E-state index is 12.7. The number of methoxy groups -OCH3 is 1. The van der Waals surface area contributed by atoms with E-state index in [0.717, 1.165) is 18.4 Å². The molecule has 28 heavy (non-hydrogen) atoms. The third-order valence-corrected chi connectivity index (χ3v) is 5.31. The molecule has 2 aromatic rings. The Bertz CT molecular complexity index is 789. The van der Waals surface area contributed by atoms with Crippen molar-refractivity contribution in [1.29, 1.82) is 0 Å². The number of pyridine rings is 1. The first kappa shape index (κ1) is 19.0. The van der Waals surface area contributed by atoms with Crippen LogP contribution in [0.1, 0.15) is 28.9 Å². The number of hydrogen-bond donors (Lipinski definition) is 0. The van der Waals surface area contributed by atoms with Crippen LogP contribution < -0.4 is 0 Å². The van der Waals surface area contributed by atoms with Gasteiger partial charge in [-0.2, -0.15) is 5.10 Å². The van der Waals surface area contributed by atoms with Gasteiger partial charge in [-0.15, -0.1) is 0 Å². The summed E-state index contributed by atoms with van der Waals surface area (Å²) in [5, 5.41) is 4.34. The van der Waals surface area contributed by atoms with Gasteiger partial charge in [0, 0.05) is 38.7 Å². The zero-order valence-corrected chi connectivity index (χ0v) is 16.1. The number of carbonyl (C=O) groups excluding carboxylic acids is 1. The average Bonchev–Trinajstić information content (AvgIpc) is 3.18. The largest absolute Gasteiger partial charge is 0.383 e. The molecule has 8 nitrogen and oxygen atoms in total. The molecule has 4 heterocycles. The van der Waals surface area contributed by atoms with E-state index < -0.39 is 0 Å². The van der Waals surface area contributed by atoms with Gasteiger partial charge in [-0.05, 0) is 30.2 Å². The molecule has 2 aromatic heterocycles. The maximum absolute atomic E-state index is 12.7. The van der Waals surface area contributed by atoms with Crippen LogP contribution in [0.2, 0.25) is 0 Å². The van der Waals surface area contributed by atoms with Gasteiger partial charge in [0.05, 0.1) is 39.0 Å². The molecule has 2 fully saturated rings. The monoisotopic (exact) mass is 386 g/mol. The topological polar surface area (TPSA) is 78.7 Å².